The molecule has 0 spiro atoms. The summed E-state index contributed by atoms with van der Waals surface area (Å²) in [6.07, 6.45) is 0.0555. The van der Waals surface area contributed by atoms with Gasteiger partial charge in [-0.3, -0.25) is 4.79 Å². The maximum absolute atomic E-state index is 11.6. The monoisotopic (exact) mass is 251 g/mol. The van der Waals surface area contributed by atoms with Gasteiger partial charge in [0.15, 0.2) is 0 Å². The number of carbonyl (C=O) groups excluding carboxylic acids is 1. The number of aromatic carboxylic acids is 1. The van der Waals surface area contributed by atoms with Crippen molar-refractivity contribution in [3.05, 3.63) is 29.3 Å². The van der Waals surface area contributed by atoms with Crippen molar-refractivity contribution in [3.8, 4) is 0 Å². The van der Waals surface area contributed by atoms with Gasteiger partial charge < -0.3 is 15.5 Å². The molecule has 1 aromatic carbocycles. The first-order chi connectivity index (χ1) is 8.40. The molecule has 0 aliphatic heterocycles. The largest absolute Gasteiger partial charge is 0.478 e. The Morgan fingerprint density at radius 3 is 2.61 bits per heavy atom. The first-order valence-corrected chi connectivity index (χ1v) is 5.72. The van der Waals surface area contributed by atoms with Crippen molar-refractivity contribution in [2.45, 2.75) is 32.8 Å². The average molecular weight is 251 g/mol. The van der Waals surface area contributed by atoms with Gasteiger partial charge in [0, 0.05) is 12.1 Å². The molecule has 1 atom stereocenters. The number of carboxylic acid groups (broad SMARTS) is 1. The van der Waals surface area contributed by atoms with Crippen LogP contribution in [0, 0.1) is 6.92 Å². The standard InChI is InChI=1S/C13H17NO4/c1-8-3-5-10(13(17)18)7-11(8)14-12(16)6-4-9(2)15/h3,5,7,9,15H,4,6H2,1-2H3,(H,14,16)(H,17,18). The molecule has 18 heavy (non-hydrogen) atoms. The van der Waals surface area contributed by atoms with Crippen LogP contribution in [0.2, 0.25) is 0 Å². The van der Waals surface area contributed by atoms with E-state index in [1.807, 2.05) is 0 Å². The molecule has 0 aliphatic carbocycles. The van der Waals surface area contributed by atoms with E-state index in [0.29, 0.717) is 12.1 Å². The van der Waals surface area contributed by atoms with Gasteiger partial charge in [-0.15, -0.1) is 0 Å². The third-order valence-electron chi connectivity index (χ3n) is 2.55. The SMILES string of the molecule is Cc1ccc(C(=O)O)cc1NC(=O)CCC(C)O. The van der Waals surface area contributed by atoms with Crippen molar-refractivity contribution in [2.75, 3.05) is 5.32 Å². The molecule has 3 N–H and O–H groups in total. The van der Waals surface area contributed by atoms with Gasteiger partial charge >= 0.3 is 5.97 Å². The molecule has 0 saturated heterocycles. The van der Waals surface area contributed by atoms with Crippen molar-refractivity contribution in [3.63, 3.8) is 0 Å². The van der Waals surface area contributed by atoms with Crippen LogP contribution in [-0.2, 0) is 4.79 Å². The molecule has 0 heterocycles. The molecule has 0 bridgehead atoms. The highest BCUT2D eigenvalue weighted by atomic mass is 16.4. The Hall–Kier alpha value is -1.88. The molecular weight excluding hydrogens is 234 g/mol. The van der Waals surface area contributed by atoms with Gasteiger partial charge in [-0.1, -0.05) is 6.07 Å². The molecule has 1 unspecified atom stereocenters. The summed E-state index contributed by atoms with van der Waals surface area (Å²) < 4.78 is 0. The van der Waals surface area contributed by atoms with E-state index in [0.717, 1.165) is 5.56 Å². The van der Waals surface area contributed by atoms with Crippen molar-refractivity contribution < 1.29 is 19.8 Å². The maximum atomic E-state index is 11.6. The fourth-order valence-electron chi connectivity index (χ4n) is 1.44. The van der Waals surface area contributed by atoms with Crippen molar-refractivity contribution >= 4 is 17.6 Å². The summed E-state index contributed by atoms with van der Waals surface area (Å²) in [6.45, 7) is 3.40. The number of rotatable bonds is 5. The molecule has 0 aliphatic rings. The number of carbonyl (C=O) groups is 2. The van der Waals surface area contributed by atoms with E-state index in [2.05, 4.69) is 5.32 Å². The number of aliphatic hydroxyl groups excluding tert-OH is 1. The molecule has 1 amide bonds. The molecule has 0 aromatic heterocycles. The van der Waals surface area contributed by atoms with Crippen LogP contribution in [-0.4, -0.2) is 28.2 Å². The first kappa shape index (κ1) is 14.2. The highest BCUT2D eigenvalue weighted by Gasteiger charge is 2.09. The molecule has 5 heteroatoms. The summed E-state index contributed by atoms with van der Waals surface area (Å²) in [7, 11) is 0. The summed E-state index contributed by atoms with van der Waals surface area (Å²) in [5.41, 5.74) is 1.42. The summed E-state index contributed by atoms with van der Waals surface area (Å²) in [6, 6.07) is 4.56. The van der Waals surface area contributed by atoms with Gasteiger partial charge in [0.2, 0.25) is 5.91 Å². The lowest BCUT2D eigenvalue weighted by Crippen LogP contribution is -2.15. The Labute approximate surface area is 105 Å². The minimum Gasteiger partial charge on any atom is -0.478 e. The molecule has 1 rings (SSSR count). The van der Waals surface area contributed by atoms with E-state index in [9.17, 15) is 9.59 Å². The number of anilines is 1. The molecule has 0 radical (unpaired) electrons. The van der Waals surface area contributed by atoms with Gasteiger partial charge in [0.1, 0.15) is 0 Å². The van der Waals surface area contributed by atoms with Crippen LogP contribution in [0.15, 0.2) is 18.2 Å². The second kappa shape index (κ2) is 6.16. The number of aryl methyl sites for hydroxylation is 1. The molecule has 5 nitrogen and oxygen atoms in total. The van der Waals surface area contributed by atoms with E-state index in [-0.39, 0.29) is 17.9 Å². The van der Waals surface area contributed by atoms with Crippen LogP contribution in [0.1, 0.15) is 35.7 Å². The van der Waals surface area contributed by atoms with Gasteiger partial charge in [-0.2, -0.15) is 0 Å². The lowest BCUT2D eigenvalue weighted by atomic mass is 10.1. The minimum absolute atomic E-state index is 0.131. The molecule has 98 valence electrons. The Bertz CT molecular complexity index is 454. The van der Waals surface area contributed by atoms with Gasteiger partial charge in [0.25, 0.3) is 0 Å². The number of nitrogens with one attached hydrogen (secondary N) is 1. The number of hydrogen-bond donors (Lipinski definition) is 3. The zero-order valence-corrected chi connectivity index (χ0v) is 10.4. The van der Waals surface area contributed by atoms with Crippen LogP contribution >= 0.6 is 0 Å². The summed E-state index contributed by atoms with van der Waals surface area (Å²) >= 11 is 0. The quantitative estimate of drug-likeness (QED) is 0.744. The second-order valence-electron chi connectivity index (χ2n) is 4.27. The summed E-state index contributed by atoms with van der Waals surface area (Å²) in [5.74, 6) is -1.27. The normalized spacial score (nSPS) is 11.9. The number of hydrogen-bond acceptors (Lipinski definition) is 3. The molecule has 1 aromatic rings. The zero-order chi connectivity index (χ0) is 13.7. The van der Waals surface area contributed by atoms with Crippen LogP contribution in [0.3, 0.4) is 0 Å². The average Bonchev–Trinajstić information content (AvgIpc) is 2.29. The summed E-state index contributed by atoms with van der Waals surface area (Å²) in [5, 5.41) is 20.6. The maximum Gasteiger partial charge on any atom is 0.335 e. The van der Waals surface area contributed by atoms with Crippen molar-refractivity contribution in [2.24, 2.45) is 0 Å². The fourth-order valence-corrected chi connectivity index (χ4v) is 1.44. The van der Waals surface area contributed by atoms with Crippen LogP contribution in [0.25, 0.3) is 0 Å². The van der Waals surface area contributed by atoms with E-state index in [4.69, 9.17) is 10.2 Å². The van der Waals surface area contributed by atoms with Crippen molar-refractivity contribution in [1.29, 1.82) is 0 Å². The van der Waals surface area contributed by atoms with Gasteiger partial charge in [-0.25, -0.2) is 4.79 Å². The van der Waals surface area contributed by atoms with E-state index >= 15 is 0 Å². The van der Waals surface area contributed by atoms with E-state index < -0.39 is 12.1 Å². The topological polar surface area (TPSA) is 86.6 Å². The van der Waals surface area contributed by atoms with Crippen LogP contribution < -0.4 is 5.32 Å². The van der Waals surface area contributed by atoms with Crippen LogP contribution in [0.4, 0.5) is 5.69 Å². The third-order valence-corrected chi connectivity index (χ3v) is 2.55. The third kappa shape index (κ3) is 4.18. The van der Waals surface area contributed by atoms with Crippen molar-refractivity contribution in [1.82, 2.24) is 0 Å². The Kier molecular flexibility index (Phi) is 4.85. The number of benzene rings is 1. The molecule has 0 fully saturated rings. The lowest BCUT2D eigenvalue weighted by Gasteiger charge is -2.10. The Morgan fingerprint density at radius 2 is 2.06 bits per heavy atom. The second-order valence-corrected chi connectivity index (χ2v) is 4.27. The van der Waals surface area contributed by atoms with Crippen LogP contribution in [0.5, 0.6) is 0 Å². The minimum atomic E-state index is -1.03. The number of aliphatic hydroxyl groups is 1. The summed E-state index contributed by atoms with van der Waals surface area (Å²) in [4.78, 5) is 22.4. The first-order valence-electron chi connectivity index (χ1n) is 5.72. The van der Waals surface area contributed by atoms with Gasteiger partial charge in [-0.05, 0) is 38.0 Å². The number of amides is 1. The fraction of sp³-hybridized carbons (Fsp3) is 0.385. The predicted octanol–water partition coefficient (Wildman–Crippen LogP) is 1.79. The Morgan fingerprint density at radius 1 is 1.39 bits per heavy atom. The van der Waals surface area contributed by atoms with E-state index in [1.165, 1.54) is 12.1 Å². The molecular formula is C13H17NO4. The highest BCUT2D eigenvalue weighted by molar-refractivity contribution is 5.94. The lowest BCUT2D eigenvalue weighted by molar-refractivity contribution is -0.116. The smallest absolute Gasteiger partial charge is 0.335 e. The Balaban J connectivity index is 2.74. The highest BCUT2D eigenvalue weighted by Crippen LogP contribution is 2.17. The zero-order valence-electron chi connectivity index (χ0n) is 10.4. The molecule has 0 saturated carbocycles. The van der Waals surface area contributed by atoms with E-state index in [1.54, 1.807) is 19.9 Å². The number of carboxylic acids is 1. The predicted molar refractivity (Wildman–Crippen MR) is 67.7 cm³/mol. The van der Waals surface area contributed by atoms with Gasteiger partial charge in [0.05, 0.1) is 11.7 Å².